The van der Waals surface area contributed by atoms with Gasteiger partial charge in [-0.15, -0.1) is 0 Å². The van der Waals surface area contributed by atoms with E-state index in [4.69, 9.17) is 9.83 Å². The Hall–Kier alpha value is -1.79. The fourth-order valence-corrected chi connectivity index (χ4v) is 3.19. The quantitative estimate of drug-likeness (QED) is 0.839. The maximum atomic E-state index is 5.35. The molecule has 0 aromatic carbocycles. The molecule has 0 aromatic heterocycles. The molecular weight excluding hydrogens is 278 g/mol. The molecule has 3 aliphatic rings. The maximum Gasteiger partial charge on any atom is 0.138 e. The monoisotopic (exact) mass is 303 g/mol. The number of hydroxylamine groups is 2. The van der Waals surface area contributed by atoms with Crippen LogP contribution < -0.4 is 5.32 Å². The van der Waals surface area contributed by atoms with Gasteiger partial charge in [0.15, 0.2) is 0 Å². The van der Waals surface area contributed by atoms with E-state index in [9.17, 15) is 0 Å². The van der Waals surface area contributed by atoms with Crippen LogP contribution in [0.1, 0.15) is 27.2 Å². The van der Waals surface area contributed by atoms with Crippen molar-refractivity contribution in [3.8, 4) is 0 Å². The van der Waals surface area contributed by atoms with Crippen molar-refractivity contribution in [1.29, 1.82) is 0 Å². The van der Waals surface area contributed by atoms with Gasteiger partial charge in [0.2, 0.25) is 0 Å². The molecule has 0 aliphatic carbocycles. The molecule has 3 rings (SSSR count). The van der Waals surface area contributed by atoms with Gasteiger partial charge >= 0.3 is 0 Å². The Balaban J connectivity index is 2.00. The molecule has 1 atom stereocenters. The average molecular weight is 303 g/mol. The highest BCUT2D eigenvalue weighted by Crippen LogP contribution is 2.35. The first-order chi connectivity index (χ1) is 10.7. The number of aliphatic imine (C=N–C) groups is 1. The van der Waals surface area contributed by atoms with Crippen molar-refractivity contribution < 1.29 is 4.84 Å². The van der Waals surface area contributed by atoms with Gasteiger partial charge in [-0.05, 0) is 25.5 Å². The summed E-state index contributed by atoms with van der Waals surface area (Å²) in [5.74, 6) is 1.17. The second-order valence-electron chi connectivity index (χ2n) is 5.75. The normalized spacial score (nSPS) is 23.6. The van der Waals surface area contributed by atoms with E-state index in [1.54, 1.807) is 7.11 Å². The highest BCUT2D eigenvalue weighted by atomic mass is 16.7. The summed E-state index contributed by atoms with van der Waals surface area (Å²) in [6.07, 6.45) is 7.27. The molecule has 0 radical (unpaired) electrons. The lowest BCUT2D eigenvalue weighted by molar-refractivity contribution is -0.0968. The molecule has 0 saturated heterocycles. The summed E-state index contributed by atoms with van der Waals surface area (Å²) in [5, 5.41) is 5.37. The van der Waals surface area contributed by atoms with Gasteiger partial charge in [-0.1, -0.05) is 13.8 Å². The first-order valence-electron chi connectivity index (χ1n) is 7.96. The summed E-state index contributed by atoms with van der Waals surface area (Å²) in [4.78, 5) is 14.7. The molecular formula is C16H25N5O. The second-order valence-corrected chi connectivity index (χ2v) is 5.75. The van der Waals surface area contributed by atoms with Gasteiger partial charge in [0, 0.05) is 12.7 Å². The number of nitrogens with one attached hydrogen (secondary N) is 1. The molecule has 22 heavy (non-hydrogen) atoms. The van der Waals surface area contributed by atoms with Crippen LogP contribution >= 0.6 is 0 Å². The van der Waals surface area contributed by atoms with Crippen LogP contribution in [-0.4, -0.2) is 54.0 Å². The third-order valence-electron chi connectivity index (χ3n) is 4.16. The van der Waals surface area contributed by atoms with Gasteiger partial charge in [0.05, 0.1) is 31.3 Å². The van der Waals surface area contributed by atoms with Crippen LogP contribution in [-0.2, 0) is 4.84 Å². The number of likely N-dealkylation sites (N-methyl/N-ethyl adjacent to an activating group) is 1. The molecule has 0 amide bonds. The molecule has 0 bridgehead atoms. The summed E-state index contributed by atoms with van der Waals surface area (Å²) in [5.41, 5.74) is 3.48. The third kappa shape index (κ3) is 2.42. The topological polar surface area (TPSA) is 43.3 Å². The van der Waals surface area contributed by atoms with Crippen LogP contribution in [0.5, 0.6) is 0 Å². The van der Waals surface area contributed by atoms with Crippen molar-refractivity contribution >= 4 is 6.21 Å². The Morgan fingerprint density at radius 3 is 2.86 bits per heavy atom. The maximum absolute atomic E-state index is 5.35. The largest absolute Gasteiger partial charge is 0.333 e. The van der Waals surface area contributed by atoms with Gasteiger partial charge in [-0.2, -0.15) is 0 Å². The van der Waals surface area contributed by atoms with Crippen molar-refractivity contribution in [1.82, 2.24) is 20.2 Å². The van der Waals surface area contributed by atoms with Gasteiger partial charge in [0.1, 0.15) is 18.2 Å². The van der Waals surface area contributed by atoms with Gasteiger partial charge < -0.3 is 15.1 Å². The minimum absolute atomic E-state index is 0.183. The predicted molar refractivity (Wildman–Crippen MR) is 87.4 cm³/mol. The molecule has 1 N–H and O–H groups in total. The highest BCUT2D eigenvalue weighted by molar-refractivity contribution is 5.81. The fourth-order valence-electron chi connectivity index (χ4n) is 3.19. The Morgan fingerprint density at radius 1 is 1.36 bits per heavy atom. The van der Waals surface area contributed by atoms with Crippen molar-refractivity contribution in [2.45, 2.75) is 33.2 Å². The molecule has 1 unspecified atom stereocenters. The Bertz CT molecular complexity index is 563. The number of fused-ring (bicyclic) bond motifs is 2. The van der Waals surface area contributed by atoms with E-state index in [2.05, 4.69) is 42.1 Å². The van der Waals surface area contributed by atoms with Crippen molar-refractivity contribution in [3.05, 3.63) is 35.2 Å². The molecule has 3 heterocycles. The van der Waals surface area contributed by atoms with Crippen LogP contribution in [0.25, 0.3) is 0 Å². The summed E-state index contributed by atoms with van der Waals surface area (Å²) >= 11 is 0. The smallest absolute Gasteiger partial charge is 0.138 e. The fraction of sp³-hybridized carbons (Fsp3) is 0.562. The zero-order valence-corrected chi connectivity index (χ0v) is 13.8. The number of allylic oxidation sites excluding steroid dienone is 1. The SMILES string of the molecule is CCCN1C=C(C)C(NCC)C2=C1N1CN(OC)C=C1C=N2. The lowest BCUT2D eigenvalue weighted by Crippen LogP contribution is -2.45. The second kappa shape index (κ2) is 6.14. The van der Waals surface area contributed by atoms with Crippen LogP contribution in [0.3, 0.4) is 0 Å². The third-order valence-corrected chi connectivity index (χ3v) is 4.16. The minimum Gasteiger partial charge on any atom is -0.333 e. The van der Waals surface area contributed by atoms with Gasteiger partial charge in [0.25, 0.3) is 0 Å². The number of hydrogen-bond donors (Lipinski definition) is 1. The Labute approximate surface area is 132 Å². The summed E-state index contributed by atoms with van der Waals surface area (Å²) in [7, 11) is 1.69. The molecule has 0 fully saturated rings. The van der Waals surface area contributed by atoms with Gasteiger partial charge in [-0.3, -0.25) is 9.83 Å². The van der Waals surface area contributed by atoms with E-state index in [0.29, 0.717) is 6.67 Å². The Kier molecular flexibility index (Phi) is 4.22. The van der Waals surface area contributed by atoms with Crippen molar-refractivity contribution in [3.63, 3.8) is 0 Å². The lowest BCUT2D eigenvalue weighted by Gasteiger charge is -2.40. The lowest BCUT2D eigenvalue weighted by atomic mass is 10.0. The highest BCUT2D eigenvalue weighted by Gasteiger charge is 2.36. The first-order valence-corrected chi connectivity index (χ1v) is 7.96. The first kappa shape index (κ1) is 15.1. The summed E-state index contributed by atoms with van der Waals surface area (Å²) < 4.78 is 0. The van der Waals surface area contributed by atoms with Crippen LogP contribution in [0, 0.1) is 0 Å². The molecule has 0 aromatic rings. The predicted octanol–water partition coefficient (Wildman–Crippen LogP) is 1.83. The van der Waals surface area contributed by atoms with Crippen LogP contribution in [0.2, 0.25) is 0 Å². The molecule has 6 nitrogen and oxygen atoms in total. The summed E-state index contributed by atoms with van der Waals surface area (Å²) in [6, 6.07) is 0.183. The zero-order valence-electron chi connectivity index (χ0n) is 13.8. The van der Waals surface area contributed by atoms with E-state index < -0.39 is 0 Å². The molecule has 0 spiro atoms. The van der Waals surface area contributed by atoms with E-state index in [1.807, 2.05) is 17.5 Å². The summed E-state index contributed by atoms with van der Waals surface area (Å²) in [6.45, 7) is 9.11. The molecule has 0 saturated carbocycles. The van der Waals surface area contributed by atoms with Gasteiger partial charge in [-0.25, -0.2) is 5.06 Å². The van der Waals surface area contributed by atoms with Crippen molar-refractivity contribution in [2.24, 2.45) is 4.99 Å². The van der Waals surface area contributed by atoms with Crippen LogP contribution in [0.15, 0.2) is 40.2 Å². The minimum atomic E-state index is 0.183. The van der Waals surface area contributed by atoms with E-state index in [0.717, 1.165) is 30.9 Å². The number of nitrogens with zero attached hydrogens (tertiary/aromatic N) is 4. The van der Waals surface area contributed by atoms with E-state index >= 15 is 0 Å². The van der Waals surface area contributed by atoms with E-state index in [-0.39, 0.29) is 6.04 Å². The molecule has 120 valence electrons. The zero-order chi connectivity index (χ0) is 15.7. The van der Waals surface area contributed by atoms with Crippen LogP contribution in [0.4, 0.5) is 0 Å². The molecule has 6 heteroatoms. The standard InChI is InChI=1S/C16H25N5O/c1-5-7-19-9-12(3)14(17-6-2)15-16(19)21-11-20(22-4)10-13(21)8-18-15/h8-10,14,17H,5-7,11H2,1-4H3. The molecule has 3 aliphatic heterocycles. The Morgan fingerprint density at radius 2 is 2.18 bits per heavy atom. The van der Waals surface area contributed by atoms with Crippen molar-refractivity contribution in [2.75, 3.05) is 26.9 Å². The van der Waals surface area contributed by atoms with E-state index in [1.165, 1.54) is 11.4 Å². The number of rotatable bonds is 5. The average Bonchev–Trinajstić information content (AvgIpc) is 2.94. The number of hydrogen-bond acceptors (Lipinski definition) is 6.